The van der Waals surface area contributed by atoms with Gasteiger partial charge in [0.2, 0.25) is 0 Å². The van der Waals surface area contributed by atoms with E-state index in [-0.39, 0.29) is 5.41 Å². The second-order valence-corrected chi connectivity index (χ2v) is 8.24. The van der Waals surface area contributed by atoms with E-state index >= 15 is 0 Å². The maximum atomic E-state index is 11.4. The molecule has 0 saturated carbocycles. The van der Waals surface area contributed by atoms with E-state index in [0.29, 0.717) is 6.42 Å². The van der Waals surface area contributed by atoms with Crippen molar-refractivity contribution in [1.29, 1.82) is 0 Å². The van der Waals surface area contributed by atoms with E-state index in [1.807, 2.05) is 13.8 Å². The lowest BCUT2D eigenvalue weighted by Gasteiger charge is -2.38. The Labute approximate surface area is 148 Å². The first-order valence-electron chi connectivity index (χ1n) is 9.56. The predicted molar refractivity (Wildman–Crippen MR) is 98.2 cm³/mol. The van der Waals surface area contributed by atoms with Crippen LogP contribution in [0.2, 0.25) is 0 Å². The van der Waals surface area contributed by atoms with Gasteiger partial charge in [-0.25, -0.2) is 0 Å². The van der Waals surface area contributed by atoms with Gasteiger partial charge >= 0.3 is 11.9 Å². The van der Waals surface area contributed by atoms with Gasteiger partial charge in [-0.1, -0.05) is 71.6 Å². The van der Waals surface area contributed by atoms with Crippen molar-refractivity contribution in [2.45, 2.75) is 105 Å². The molecule has 0 radical (unpaired) electrons. The molecule has 0 aromatic rings. The quantitative estimate of drug-likeness (QED) is 0.364. The van der Waals surface area contributed by atoms with Crippen molar-refractivity contribution in [3.8, 4) is 0 Å². The lowest BCUT2D eigenvalue weighted by atomic mass is 9.65. The molecule has 0 unspecified atom stereocenters. The largest absolute Gasteiger partial charge is 0.481 e. The highest BCUT2D eigenvalue weighted by Crippen LogP contribution is 2.42. The van der Waals surface area contributed by atoms with Gasteiger partial charge in [-0.3, -0.25) is 9.59 Å². The first-order chi connectivity index (χ1) is 11.1. The number of carboxylic acids is 2. The average molecular weight is 343 g/mol. The molecule has 2 N–H and O–H groups in total. The van der Waals surface area contributed by atoms with Crippen LogP contribution in [0.25, 0.3) is 0 Å². The van der Waals surface area contributed by atoms with E-state index in [2.05, 4.69) is 13.8 Å². The maximum absolute atomic E-state index is 11.4. The minimum absolute atomic E-state index is 0.186. The van der Waals surface area contributed by atoms with Crippen LogP contribution in [0, 0.1) is 10.8 Å². The Morgan fingerprint density at radius 1 is 0.667 bits per heavy atom. The summed E-state index contributed by atoms with van der Waals surface area (Å²) in [5.74, 6) is -1.40. The molecule has 0 aliphatic carbocycles. The summed E-state index contributed by atoms with van der Waals surface area (Å²) in [6.07, 6.45) is 12.7. The van der Waals surface area contributed by atoms with E-state index in [1.54, 1.807) is 0 Å². The van der Waals surface area contributed by atoms with E-state index < -0.39 is 17.4 Å². The highest BCUT2D eigenvalue weighted by Gasteiger charge is 2.42. The smallest absolute Gasteiger partial charge is 0.309 e. The SMILES string of the molecule is CC(C)(CCCCCCCCCCCCC(=O)O)C(C)(C)C(=O)O. The van der Waals surface area contributed by atoms with Gasteiger partial charge in [0.15, 0.2) is 0 Å². The van der Waals surface area contributed by atoms with E-state index in [0.717, 1.165) is 32.1 Å². The highest BCUT2D eigenvalue weighted by atomic mass is 16.4. The molecular formula is C20H38O4. The van der Waals surface area contributed by atoms with Gasteiger partial charge in [0.05, 0.1) is 5.41 Å². The number of unbranched alkanes of at least 4 members (excludes halogenated alkanes) is 9. The lowest BCUT2D eigenvalue weighted by molar-refractivity contribution is -0.154. The standard InChI is InChI=1S/C20H38O4/c1-19(2,20(3,4)18(23)24)16-14-12-10-8-6-5-7-9-11-13-15-17(21)22/h5-16H2,1-4H3,(H,21,22)(H,23,24). The Bertz CT molecular complexity index is 372. The van der Waals surface area contributed by atoms with Gasteiger partial charge in [-0.05, 0) is 32.1 Å². The summed E-state index contributed by atoms with van der Waals surface area (Å²) in [6, 6.07) is 0. The number of rotatable bonds is 15. The van der Waals surface area contributed by atoms with Gasteiger partial charge in [-0.2, -0.15) is 0 Å². The van der Waals surface area contributed by atoms with Gasteiger partial charge in [-0.15, -0.1) is 0 Å². The molecule has 0 amide bonds. The average Bonchev–Trinajstić information content (AvgIpc) is 2.47. The second-order valence-electron chi connectivity index (χ2n) is 8.24. The third-order valence-electron chi connectivity index (χ3n) is 5.67. The fourth-order valence-electron chi connectivity index (χ4n) is 2.86. The first kappa shape index (κ1) is 22.9. The molecule has 0 saturated heterocycles. The molecule has 0 aromatic heterocycles. The Morgan fingerprint density at radius 3 is 1.42 bits per heavy atom. The van der Waals surface area contributed by atoms with Crippen LogP contribution in [0.5, 0.6) is 0 Å². The Kier molecular flexibility index (Phi) is 11.0. The van der Waals surface area contributed by atoms with Crippen molar-refractivity contribution in [1.82, 2.24) is 0 Å². The van der Waals surface area contributed by atoms with Crippen LogP contribution in [-0.2, 0) is 9.59 Å². The number of carboxylic acid groups (broad SMARTS) is 2. The Morgan fingerprint density at radius 2 is 1.04 bits per heavy atom. The molecular weight excluding hydrogens is 304 g/mol. The van der Waals surface area contributed by atoms with Crippen molar-refractivity contribution in [3.05, 3.63) is 0 Å². The van der Waals surface area contributed by atoms with Gasteiger partial charge in [0.1, 0.15) is 0 Å². The van der Waals surface area contributed by atoms with Gasteiger partial charge in [0.25, 0.3) is 0 Å². The fourth-order valence-corrected chi connectivity index (χ4v) is 2.86. The molecule has 142 valence electrons. The molecule has 0 fully saturated rings. The van der Waals surface area contributed by atoms with Gasteiger partial charge < -0.3 is 10.2 Å². The zero-order valence-corrected chi connectivity index (χ0v) is 16.2. The molecule has 0 rings (SSSR count). The Balaban J connectivity index is 3.55. The fraction of sp³-hybridized carbons (Fsp3) is 0.900. The molecule has 0 aliphatic heterocycles. The summed E-state index contributed by atoms with van der Waals surface area (Å²) in [6.45, 7) is 7.77. The maximum Gasteiger partial charge on any atom is 0.309 e. The van der Waals surface area contributed by atoms with Crippen molar-refractivity contribution in [3.63, 3.8) is 0 Å². The molecule has 0 aromatic carbocycles. The minimum Gasteiger partial charge on any atom is -0.481 e. The van der Waals surface area contributed by atoms with Crippen LogP contribution >= 0.6 is 0 Å². The van der Waals surface area contributed by atoms with Crippen LogP contribution in [0.4, 0.5) is 0 Å². The lowest BCUT2D eigenvalue weighted by Crippen LogP contribution is -2.39. The summed E-state index contributed by atoms with van der Waals surface area (Å²) in [5, 5.41) is 17.9. The third kappa shape index (κ3) is 9.29. The minimum atomic E-state index is -0.712. The zero-order valence-electron chi connectivity index (χ0n) is 16.2. The van der Waals surface area contributed by atoms with E-state index in [1.165, 1.54) is 38.5 Å². The number of carbonyl (C=O) groups is 2. The van der Waals surface area contributed by atoms with E-state index in [4.69, 9.17) is 5.11 Å². The summed E-state index contributed by atoms with van der Waals surface area (Å²) >= 11 is 0. The number of aliphatic carboxylic acids is 2. The first-order valence-corrected chi connectivity index (χ1v) is 9.56. The van der Waals surface area contributed by atoms with Crippen molar-refractivity contribution in [2.24, 2.45) is 10.8 Å². The van der Waals surface area contributed by atoms with Crippen LogP contribution in [-0.4, -0.2) is 22.2 Å². The van der Waals surface area contributed by atoms with Crippen LogP contribution < -0.4 is 0 Å². The molecule has 4 nitrogen and oxygen atoms in total. The summed E-state index contributed by atoms with van der Waals surface area (Å²) in [4.78, 5) is 21.8. The molecule has 0 atom stereocenters. The molecule has 0 bridgehead atoms. The Hall–Kier alpha value is -1.06. The summed E-state index contributed by atoms with van der Waals surface area (Å²) < 4.78 is 0. The third-order valence-corrected chi connectivity index (χ3v) is 5.67. The molecule has 0 heterocycles. The van der Waals surface area contributed by atoms with Gasteiger partial charge in [0, 0.05) is 6.42 Å². The van der Waals surface area contributed by atoms with Crippen LogP contribution in [0.15, 0.2) is 0 Å². The second kappa shape index (κ2) is 11.5. The molecule has 0 spiro atoms. The zero-order chi connectivity index (χ0) is 18.6. The van der Waals surface area contributed by atoms with Crippen molar-refractivity contribution >= 4 is 11.9 Å². The number of hydrogen-bond acceptors (Lipinski definition) is 2. The van der Waals surface area contributed by atoms with Crippen molar-refractivity contribution in [2.75, 3.05) is 0 Å². The normalized spacial score (nSPS) is 12.3. The number of hydrogen-bond donors (Lipinski definition) is 2. The monoisotopic (exact) mass is 342 g/mol. The molecule has 0 aliphatic rings. The summed E-state index contributed by atoms with van der Waals surface area (Å²) in [7, 11) is 0. The highest BCUT2D eigenvalue weighted by molar-refractivity contribution is 5.74. The summed E-state index contributed by atoms with van der Waals surface area (Å²) in [5.41, 5.74) is -0.873. The van der Waals surface area contributed by atoms with E-state index in [9.17, 15) is 14.7 Å². The molecule has 4 heteroatoms. The van der Waals surface area contributed by atoms with Crippen molar-refractivity contribution < 1.29 is 19.8 Å². The molecule has 24 heavy (non-hydrogen) atoms. The topological polar surface area (TPSA) is 74.6 Å². The van der Waals surface area contributed by atoms with Crippen LogP contribution in [0.1, 0.15) is 105 Å². The van der Waals surface area contributed by atoms with Crippen LogP contribution in [0.3, 0.4) is 0 Å². The predicted octanol–water partition coefficient (Wildman–Crippen LogP) is 5.89.